The predicted molar refractivity (Wildman–Crippen MR) is 110 cm³/mol. The van der Waals surface area contributed by atoms with Gasteiger partial charge in [0, 0.05) is 34.2 Å². The maximum absolute atomic E-state index is 13.9. The van der Waals surface area contributed by atoms with Gasteiger partial charge in [0.05, 0.1) is 0 Å². The van der Waals surface area contributed by atoms with Crippen molar-refractivity contribution < 1.29 is 4.39 Å². The Morgan fingerprint density at radius 1 is 1.04 bits per heavy atom. The summed E-state index contributed by atoms with van der Waals surface area (Å²) in [5, 5.41) is 11.7. The lowest BCUT2D eigenvalue weighted by molar-refractivity contribution is 0.617. The van der Waals surface area contributed by atoms with Gasteiger partial charge in [-0.25, -0.2) is 4.39 Å². The average molecular weight is 396 g/mol. The van der Waals surface area contributed by atoms with E-state index in [1.807, 2.05) is 35.9 Å². The highest BCUT2D eigenvalue weighted by atomic mass is 32.2. The zero-order valence-corrected chi connectivity index (χ0v) is 16.6. The highest BCUT2D eigenvalue weighted by Crippen LogP contribution is 2.38. The maximum atomic E-state index is 13.9. The molecule has 6 heteroatoms. The summed E-state index contributed by atoms with van der Waals surface area (Å²) in [6.07, 6.45) is 0. The number of benzene rings is 2. The van der Waals surface area contributed by atoms with Gasteiger partial charge < -0.3 is 4.57 Å². The van der Waals surface area contributed by atoms with E-state index >= 15 is 0 Å². The van der Waals surface area contributed by atoms with Crippen molar-refractivity contribution in [3.63, 3.8) is 0 Å². The molecule has 3 nitrogen and oxygen atoms in total. The van der Waals surface area contributed by atoms with E-state index in [2.05, 4.69) is 34.6 Å². The molecule has 27 heavy (non-hydrogen) atoms. The summed E-state index contributed by atoms with van der Waals surface area (Å²) < 4.78 is 15.8. The predicted octanol–water partition coefficient (Wildman–Crippen LogP) is 5.95. The topological polar surface area (TPSA) is 30.7 Å². The molecular weight excluding hydrogens is 377 g/mol. The first kappa shape index (κ1) is 17.9. The largest absolute Gasteiger partial charge is 0.305 e. The van der Waals surface area contributed by atoms with Crippen LogP contribution >= 0.6 is 23.1 Å². The smallest absolute Gasteiger partial charge is 0.191 e. The number of aryl methyl sites for hydroxylation is 1. The van der Waals surface area contributed by atoms with Crippen LogP contribution in [0.1, 0.15) is 10.4 Å². The molecule has 0 bridgehead atoms. The third-order valence-corrected chi connectivity index (χ3v) is 6.41. The third-order valence-electron chi connectivity index (χ3n) is 4.43. The van der Waals surface area contributed by atoms with Crippen molar-refractivity contribution in [2.75, 3.05) is 0 Å². The van der Waals surface area contributed by atoms with Gasteiger partial charge in [-0.3, -0.25) is 0 Å². The third kappa shape index (κ3) is 3.55. The van der Waals surface area contributed by atoms with Crippen molar-refractivity contribution in [2.45, 2.75) is 17.8 Å². The second kappa shape index (κ2) is 7.66. The van der Waals surface area contributed by atoms with E-state index in [1.165, 1.54) is 33.8 Å². The summed E-state index contributed by atoms with van der Waals surface area (Å²) >= 11 is 3.20. The Kier molecular flexibility index (Phi) is 5.09. The standard InChI is InChI=1S/C21H18FN3S2/c1-14-19(15-8-4-3-5-9-15)17(13-26-14)20-23-24-21(25(20)2)27-12-16-10-6-7-11-18(16)22/h3-11,13H,12H2,1-2H3. The average Bonchev–Trinajstić information content (AvgIpc) is 3.24. The molecule has 0 aliphatic heterocycles. The summed E-state index contributed by atoms with van der Waals surface area (Å²) in [7, 11) is 1.96. The summed E-state index contributed by atoms with van der Waals surface area (Å²) in [5.74, 6) is 1.16. The van der Waals surface area contributed by atoms with E-state index < -0.39 is 0 Å². The Morgan fingerprint density at radius 3 is 2.56 bits per heavy atom. The molecule has 0 unspecified atom stereocenters. The molecule has 0 saturated carbocycles. The van der Waals surface area contributed by atoms with Gasteiger partial charge in [-0.1, -0.05) is 60.3 Å². The fourth-order valence-electron chi connectivity index (χ4n) is 3.02. The summed E-state index contributed by atoms with van der Waals surface area (Å²) in [6.45, 7) is 2.13. The number of aromatic nitrogens is 3. The molecule has 0 aliphatic carbocycles. The van der Waals surface area contributed by atoms with Crippen LogP contribution in [0.15, 0.2) is 65.1 Å². The molecular formula is C21H18FN3S2. The lowest BCUT2D eigenvalue weighted by Gasteiger charge is -2.07. The number of hydrogen-bond donors (Lipinski definition) is 0. The first-order chi connectivity index (χ1) is 13.1. The molecule has 0 radical (unpaired) electrons. The van der Waals surface area contributed by atoms with Crippen LogP contribution in [-0.2, 0) is 12.8 Å². The minimum atomic E-state index is -0.188. The van der Waals surface area contributed by atoms with Crippen LogP contribution in [0.3, 0.4) is 0 Å². The second-order valence-electron chi connectivity index (χ2n) is 6.19. The number of halogens is 1. The molecule has 0 saturated heterocycles. The van der Waals surface area contributed by atoms with Crippen molar-refractivity contribution in [1.29, 1.82) is 0 Å². The van der Waals surface area contributed by atoms with E-state index in [-0.39, 0.29) is 5.82 Å². The molecule has 0 aliphatic rings. The Balaban J connectivity index is 1.65. The van der Waals surface area contributed by atoms with Crippen molar-refractivity contribution in [3.05, 3.63) is 76.2 Å². The first-order valence-corrected chi connectivity index (χ1v) is 10.4. The molecule has 0 fully saturated rings. The molecule has 2 aromatic heterocycles. The lowest BCUT2D eigenvalue weighted by Crippen LogP contribution is -1.96. The van der Waals surface area contributed by atoms with Crippen molar-refractivity contribution in [1.82, 2.24) is 14.8 Å². The molecule has 4 rings (SSSR count). The molecule has 0 atom stereocenters. The molecule has 0 amide bonds. The van der Waals surface area contributed by atoms with Crippen LogP contribution in [-0.4, -0.2) is 14.8 Å². The van der Waals surface area contributed by atoms with Gasteiger partial charge in [-0.05, 0) is 24.1 Å². The first-order valence-electron chi connectivity index (χ1n) is 8.54. The Hall–Kier alpha value is -2.44. The van der Waals surface area contributed by atoms with E-state index in [1.54, 1.807) is 23.5 Å². The van der Waals surface area contributed by atoms with Gasteiger partial charge in [0.25, 0.3) is 0 Å². The van der Waals surface area contributed by atoms with Gasteiger partial charge in [0.2, 0.25) is 0 Å². The number of thioether (sulfide) groups is 1. The highest BCUT2D eigenvalue weighted by molar-refractivity contribution is 7.98. The molecule has 4 aromatic rings. The summed E-state index contributed by atoms with van der Waals surface area (Å²) in [5.41, 5.74) is 4.12. The Morgan fingerprint density at radius 2 is 1.78 bits per heavy atom. The van der Waals surface area contributed by atoms with Gasteiger partial charge >= 0.3 is 0 Å². The highest BCUT2D eigenvalue weighted by Gasteiger charge is 2.19. The number of thiophene rings is 1. The van der Waals surface area contributed by atoms with E-state index in [4.69, 9.17) is 0 Å². The molecule has 2 heterocycles. The van der Waals surface area contributed by atoms with Crippen LogP contribution in [0.25, 0.3) is 22.5 Å². The van der Waals surface area contributed by atoms with Crippen LogP contribution in [0, 0.1) is 12.7 Å². The van der Waals surface area contributed by atoms with Crippen LogP contribution in [0.2, 0.25) is 0 Å². The summed E-state index contributed by atoms with van der Waals surface area (Å²) in [6, 6.07) is 17.2. The van der Waals surface area contributed by atoms with E-state index in [0.29, 0.717) is 11.3 Å². The minimum Gasteiger partial charge on any atom is -0.305 e. The number of nitrogens with zero attached hydrogens (tertiary/aromatic N) is 3. The van der Waals surface area contributed by atoms with Gasteiger partial charge in [-0.15, -0.1) is 21.5 Å². The quantitative estimate of drug-likeness (QED) is 0.391. The molecule has 136 valence electrons. The lowest BCUT2D eigenvalue weighted by atomic mass is 10.0. The molecule has 2 aromatic carbocycles. The minimum absolute atomic E-state index is 0.188. The normalized spacial score (nSPS) is 11.1. The number of hydrogen-bond acceptors (Lipinski definition) is 4. The summed E-state index contributed by atoms with van der Waals surface area (Å²) in [4.78, 5) is 1.25. The number of rotatable bonds is 5. The van der Waals surface area contributed by atoms with Crippen LogP contribution in [0.5, 0.6) is 0 Å². The van der Waals surface area contributed by atoms with E-state index in [0.717, 1.165) is 16.5 Å². The van der Waals surface area contributed by atoms with Crippen molar-refractivity contribution >= 4 is 23.1 Å². The molecule has 0 spiro atoms. The van der Waals surface area contributed by atoms with Gasteiger partial charge in [-0.2, -0.15) is 0 Å². The van der Waals surface area contributed by atoms with Crippen molar-refractivity contribution in [2.24, 2.45) is 7.05 Å². The van der Waals surface area contributed by atoms with Crippen LogP contribution in [0.4, 0.5) is 4.39 Å². The van der Waals surface area contributed by atoms with E-state index in [9.17, 15) is 4.39 Å². The Bertz CT molecular complexity index is 1070. The fraction of sp³-hybridized carbons (Fsp3) is 0.143. The molecule has 0 N–H and O–H groups in total. The Labute approximate surface area is 165 Å². The monoisotopic (exact) mass is 395 g/mol. The van der Waals surface area contributed by atoms with Gasteiger partial charge in [0.1, 0.15) is 5.82 Å². The zero-order chi connectivity index (χ0) is 18.8. The second-order valence-corrected chi connectivity index (χ2v) is 8.22. The fourth-order valence-corrected chi connectivity index (χ4v) is 4.78. The zero-order valence-electron chi connectivity index (χ0n) is 15.0. The van der Waals surface area contributed by atoms with Crippen LogP contribution < -0.4 is 0 Å². The van der Waals surface area contributed by atoms with Gasteiger partial charge in [0.15, 0.2) is 11.0 Å². The van der Waals surface area contributed by atoms with Crippen molar-refractivity contribution in [3.8, 4) is 22.5 Å². The maximum Gasteiger partial charge on any atom is 0.191 e. The SMILES string of the molecule is Cc1scc(-c2nnc(SCc3ccccc3F)n2C)c1-c1ccccc1.